The molecule has 0 aliphatic carbocycles. The number of hydrogen-bond donors (Lipinski definition) is 1. The van der Waals surface area contributed by atoms with E-state index >= 15 is 0 Å². The summed E-state index contributed by atoms with van der Waals surface area (Å²) in [5.74, 6) is 47.9. The summed E-state index contributed by atoms with van der Waals surface area (Å²) in [5, 5.41) is 8.11. The Labute approximate surface area is 136 Å². The van der Waals surface area contributed by atoms with Gasteiger partial charge in [0.2, 0.25) is 0 Å². The van der Waals surface area contributed by atoms with Crippen molar-refractivity contribution in [2.45, 2.75) is 0 Å². The van der Waals surface area contributed by atoms with Crippen LogP contribution in [-0.2, 0) is 0 Å². The molecule has 1 heteroatoms. The van der Waals surface area contributed by atoms with E-state index in [9.17, 15) is 0 Å². The molecule has 0 aliphatic rings. The van der Waals surface area contributed by atoms with Crippen LogP contribution < -0.4 is 0 Å². The van der Waals surface area contributed by atoms with Crippen molar-refractivity contribution in [2.75, 3.05) is 0 Å². The third-order valence-electron chi connectivity index (χ3n) is 1.25. The molecule has 0 aliphatic heterocycles. The Morgan fingerprint density at radius 2 is 0.565 bits per heavy atom. The van der Waals surface area contributed by atoms with Crippen molar-refractivity contribution in [1.82, 2.24) is 0 Å². The van der Waals surface area contributed by atoms with E-state index in [1.54, 1.807) is 6.11 Å². The fourth-order valence-corrected chi connectivity index (χ4v) is 0.595. The quantitative estimate of drug-likeness (QED) is 0.619. The topological polar surface area (TPSA) is 20.2 Å². The highest BCUT2D eigenvalue weighted by Crippen LogP contribution is 1.58. The SMILES string of the molecule is C#CC#CC#CC#CC#CC#CC#CC#CC#CC#CC#CO. The van der Waals surface area contributed by atoms with Gasteiger partial charge in [0.15, 0.2) is 0 Å². The molecule has 96 valence electrons. The van der Waals surface area contributed by atoms with Gasteiger partial charge < -0.3 is 5.11 Å². The summed E-state index contributed by atoms with van der Waals surface area (Å²) in [7, 11) is 0. The maximum atomic E-state index is 8.11. The third-order valence-corrected chi connectivity index (χ3v) is 1.25. The molecule has 0 amide bonds. The molecule has 1 nitrogen and oxygen atoms in total. The van der Waals surface area contributed by atoms with Crippen LogP contribution in [0.4, 0.5) is 0 Å². The second kappa shape index (κ2) is 17.0. The Balaban J connectivity index is 4.38. The molecule has 0 unspecified atom stereocenters. The standard InChI is InChI=1S/C22H2O/c1-2-3-4-5-6-7-8-9-10-11-12-13-14-15-16-17-18-19-20-21-22-23/h1,23H. The van der Waals surface area contributed by atoms with Gasteiger partial charge in [-0.2, -0.15) is 0 Å². The second-order valence-corrected chi connectivity index (χ2v) is 2.63. The van der Waals surface area contributed by atoms with Gasteiger partial charge in [0.25, 0.3) is 0 Å². The average Bonchev–Trinajstić information content (AvgIpc) is 2.57. The minimum absolute atomic E-state index is 1.62. The minimum atomic E-state index is 1.62. The summed E-state index contributed by atoms with van der Waals surface area (Å²) in [6, 6.07) is 0. The smallest absolute Gasteiger partial charge is 0.122 e. The van der Waals surface area contributed by atoms with Gasteiger partial charge in [0.1, 0.15) is 6.11 Å². The molecule has 23 heavy (non-hydrogen) atoms. The maximum absolute atomic E-state index is 8.11. The number of terminal acetylenes is 1. The first-order valence-electron chi connectivity index (χ1n) is 5.51. The van der Waals surface area contributed by atoms with Crippen LogP contribution in [0.3, 0.4) is 0 Å². The zero-order valence-electron chi connectivity index (χ0n) is 11.5. The lowest BCUT2D eigenvalue weighted by Gasteiger charge is -1.56. The normalized spacial score (nSPS) is 3.78. The van der Waals surface area contributed by atoms with E-state index in [0.29, 0.717) is 0 Å². The van der Waals surface area contributed by atoms with Gasteiger partial charge in [0, 0.05) is 71.0 Å². The molecule has 0 bridgehead atoms. The maximum Gasteiger partial charge on any atom is 0.122 e. The Hall–Kier alpha value is -5.04. The van der Waals surface area contributed by atoms with E-state index in [-0.39, 0.29) is 0 Å². The van der Waals surface area contributed by atoms with E-state index in [1.807, 2.05) is 0 Å². The van der Waals surface area contributed by atoms with Gasteiger partial charge in [-0.15, -0.1) is 6.42 Å². The molecular formula is C22H2O. The van der Waals surface area contributed by atoms with Gasteiger partial charge in [-0.1, -0.05) is 0 Å². The van der Waals surface area contributed by atoms with Crippen molar-refractivity contribution < 1.29 is 5.11 Å². The van der Waals surface area contributed by atoms with Crippen molar-refractivity contribution in [3.8, 4) is 131 Å². The van der Waals surface area contributed by atoms with Gasteiger partial charge in [-0.25, -0.2) is 0 Å². The fourth-order valence-electron chi connectivity index (χ4n) is 0.595. The molecule has 0 spiro atoms. The zero-order valence-corrected chi connectivity index (χ0v) is 11.5. The van der Waals surface area contributed by atoms with Crippen molar-refractivity contribution in [3.63, 3.8) is 0 Å². The fraction of sp³-hybridized carbons (Fsp3) is 0. The number of hydrogen-bond acceptors (Lipinski definition) is 1. The molecule has 0 aromatic rings. The van der Waals surface area contributed by atoms with E-state index < -0.39 is 0 Å². The largest absolute Gasteiger partial charge is 0.461 e. The summed E-state index contributed by atoms with van der Waals surface area (Å²) >= 11 is 0. The molecule has 0 saturated heterocycles. The molecular weight excluding hydrogens is 280 g/mol. The summed E-state index contributed by atoms with van der Waals surface area (Å²) < 4.78 is 0. The molecule has 0 saturated carbocycles. The monoisotopic (exact) mass is 282 g/mol. The molecule has 0 atom stereocenters. The molecule has 0 aromatic carbocycles. The van der Waals surface area contributed by atoms with Crippen LogP contribution >= 0.6 is 0 Å². The lowest BCUT2D eigenvalue weighted by atomic mass is 10.4. The highest BCUT2D eigenvalue weighted by molar-refractivity contribution is 5.47. The lowest BCUT2D eigenvalue weighted by molar-refractivity contribution is 0.517. The second-order valence-electron chi connectivity index (χ2n) is 2.63. The summed E-state index contributed by atoms with van der Waals surface area (Å²) in [4.78, 5) is 0. The van der Waals surface area contributed by atoms with Gasteiger partial charge in [-0.05, 0) is 47.4 Å². The predicted octanol–water partition coefficient (Wildman–Crippen LogP) is -0.0164. The average molecular weight is 282 g/mol. The number of aliphatic hydroxyl groups is 1. The summed E-state index contributed by atoms with van der Waals surface area (Å²) in [6.07, 6.45) is 6.52. The van der Waals surface area contributed by atoms with Crippen LogP contribution in [-0.4, -0.2) is 5.11 Å². The first-order chi connectivity index (χ1) is 11.4. The predicted molar refractivity (Wildman–Crippen MR) is 88.5 cm³/mol. The van der Waals surface area contributed by atoms with E-state index in [4.69, 9.17) is 11.5 Å². The zero-order chi connectivity index (χ0) is 16.8. The third kappa shape index (κ3) is 17.0. The molecule has 0 rings (SSSR count). The van der Waals surface area contributed by atoms with Gasteiger partial charge in [-0.3, -0.25) is 0 Å². The van der Waals surface area contributed by atoms with Crippen LogP contribution in [0.5, 0.6) is 0 Å². The van der Waals surface area contributed by atoms with Crippen LogP contribution in [0.2, 0.25) is 0 Å². The Bertz CT molecular complexity index is 1120. The first kappa shape index (κ1) is 18.0. The Morgan fingerprint density at radius 1 is 0.348 bits per heavy atom. The lowest BCUT2D eigenvalue weighted by Crippen LogP contribution is -1.56. The van der Waals surface area contributed by atoms with E-state index in [0.717, 1.165) is 0 Å². The molecule has 0 aromatic heterocycles. The van der Waals surface area contributed by atoms with Crippen molar-refractivity contribution in [3.05, 3.63) is 0 Å². The number of rotatable bonds is 0. The first-order valence-corrected chi connectivity index (χ1v) is 5.51. The summed E-state index contributed by atoms with van der Waals surface area (Å²) in [6.45, 7) is 0. The summed E-state index contributed by atoms with van der Waals surface area (Å²) in [5.41, 5.74) is 0. The molecule has 0 radical (unpaired) electrons. The van der Waals surface area contributed by atoms with E-state index in [1.165, 1.54) is 0 Å². The van der Waals surface area contributed by atoms with E-state index in [2.05, 4.69) is 118 Å². The van der Waals surface area contributed by atoms with Crippen LogP contribution in [0.15, 0.2) is 0 Å². The highest BCUT2D eigenvalue weighted by Gasteiger charge is 1.58. The molecule has 0 heterocycles. The highest BCUT2D eigenvalue weighted by atomic mass is 16.2. The minimum Gasteiger partial charge on any atom is -0.461 e. The van der Waals surface area contributed by atoms with Crippen molar-refractivity contribution in [2.24, 2.45) is 0 Å². The van der Waals surface area contributed by atoms with Gasteiger partial charge in [0.05, 0.1) is 0 Å². The number of aliphatic hydroxyl groups excluding tert-OH is 1. The van der Waals surface area contributed by atoms with Crippen LogP contribution in [0.1, 0.15) is 0 Å². The van der Waals surface area contributed by atoms with Crippen LogP contribution in [0.25, 0.3) is 0 Å². The molecule has 0 fully saturated rings. The van der Waals surface area contributed by atoms with Crippen LogP contribution in [0, 0.1) is 131 Å². The van der Waals surface area contributed by atoms with Crippen molar-refractivity contribution >= 4 is 0 Å². The Kier molecular flexibility index (Phi) is 13.2. The molecule has 1 N–H and O–H groups in total. The van der Waals surface area contributed by atoms with Gasteiger partial charge >= 0.3 is 0 Å². The van der Waals surface area contributed by atoms with Crippen molar-refractivity contribution in [1.29, 1.82) is 0 Å². The Morgan fingerprint density at radius 3 is 0.783 bits per heavy atom.